The average Bonchev–Trinajstić information content (AvgIpc) is 3.29. The molecule has 0 aliphatic carbocycles. The van der Waals surface area contributed by atoms with E-state index in [-0.39, 0.29) is 24.2 Å². The van der Waals surface area contributed by atoms with Crippen molar-refractivity contribution in [3.8, 4) is 11.8 Å². The molecule has 1 aromatic carbocycles. The van der Waals surface area contributed by atoms with Crippen molar-refractivity contribution >= 4 is 16.7 Å². The molecule has 1 aliphatic rings. The van der Waals surface area contributed by atoms with E-state index in [9.17, 15) is 4.79 Å². The van der Waals surface area contributed by atoms with Crippen LogP contribution in [0.25, 0.3) is 11.0 Å². The first-order valence-electron chi connectivity index (χ1n) is 12.4. The van der Waals surface area contributed by atoms with Crippen LogP contribution in [0.2, 0.25) is 0 Å². The third-order valence-corrected chi connectivity index (χ3v) is 7.59. The summed E-state index contributed by atoms with van der Waals surface area (Å²) in [4.78, 5) is 17.9. The van der Waals surface area contributed by atoms with Crippen molar-refractivity contribution in [3.63, 3.8) is 0 Å². The minimum Gasteiger partial charge on any atom is -0.497 e. The van der Waals surface area contributed by atoms with Crippen LogP contribution in [0.15, 0.2) is 35.3 Å². The van der Waals surface area contributed by atoms with Crippen LogP contribution in [0.4, 0.5) is 5.69 Å². The summed E-state index contributed by atoms with van der Waals surface area (Å²) < 4.78 is 8.65. The Kier molecular flexibility index (Phi) is 7.18. The van der Waals surface area contributed by atoms with Crippen LogP contribution in [0.5, 0.6) is 5.75 Å². The van der Waals surface area contributed by atoms with E-state index in [4.69, 9.17) is 15.1 Å². The van der Waals surface area contributed by atoms with Gasteiger partial charge in [-0.25, -0.2) is 0 Å². The van der Waals surface area contributed by atoms with Gasteiger partial charge in [-0.3, -0.25) is 14.4 Å². The topological polar surface area (TPSA) is 79.3 Å². The second-order valence-corrected chi connectivity index (χ2v) is 9.52. The highest BCUT2D eigenvalue weighted by Gasteiger charge is 2.36. The van der Waals surface area contributed by atoms with Crippen molar-refractivity contribution in [3.05, 3.63) is 51.9 Å². The summed E-state index contributed by atoms with van der Waals surface area (Å²) in [6, 6.07) is 11.0. The number of anilines is 1. The van der Waals surface area contributed by atoms with Crippen LogP contribution in [-0.2, 0) is 13.6 Å². The fourth-order valence-electron chi connectivity index (χ4n) is 5.49. The van der Waals surface area contributed by atoms with Gasteiger partial charge in [0.1, 0.15) is 17.8 Å². The molecule has 35 heavy (non-hydrogen) atoms. The van der Waals surface area contributed by atoms with E-state index in [0.717, 1.165) is 48.4 Å². The number of hydrogen-bond donors (Lipinski definition) is 0. The molecule has 3 atom stereocenters. The largest absolute Gasteiger partial charge is 0.497 e. The molecule has 8 heteroatoms. The number of hydrogen-bond acceptors (Lipinski definition) is 6. The van der Waals surface area contributed by atoms with E-state index in [0.29, 0.717) is 6.04 Å². The Morgan fingerprint density at radius 1 is 1.20 bits per heavy atom. The Morgan fingerprint density at radius 2 is 1.94 bits per heavy atom. The third kappa shape index (κ3) is 4.53. The molecule has 8 nitrogen and oxygen atoms in total. The monoisotopic (exact) mass is 476 g/mol. The van der Waals surface area contributed by atoms with Crippen LogP contribution < -0.4 is 15.2 Å². The number of piperazine rings is 1. The minimum atomic E-state index is -0.0587. The maximum absolute atomic E-state index is 12.9. The smallest absolute Gasteiger partial charge is 0.252 e. The normalized spacial score (nSPS) is 19.6. The third-order valence-electron chi connectivity index (χ3n) is 7.59. The van der Waals surface area contributed by atoms with Gasteiger partial charge in [-0.05, 0) is 49.9 Å². The molecule has 186 valence electrons. The number of fused-ring (bicyclic) bond motifs is 1. The number of benzene rings is 1. The van der Waals surface area contributed by atoms with Gasteiger partial charge in [-0.2, -0.15) is 10.4 Å². The summed E-state index contributed by atoms with van der Waals surface area (Å²) in [5.74, 6) is 0.882. The van der Waals surface area contributed by atoms with Crippen LogP contribution in [0, 0.1) is 18.3 Å². The lowest BCUT2D eigenvalue weighted by molar-refractivity contribution is 0.101. The molecule has 0 spiro atoms. The van der Waals surface area contributed by atoms with Crippen molar-refractivity contribution in [2.24, 2.45) is 7.05 Å². The number of aryl methyl sites for hydroxylation is 2. The minimum absolute atomic E-state index is 0.0587. The summed E-state index contributed by atoms with van der Waals surface area (Å²) in [6.45, 7) is 10.8. The average molecular weight is 477 g/mol. The molecule has 2 aromatic heterocycles. The predicted molar refractivity (Wildman–Crippen MR) is 139 cm³/mol. The first-order valence-corrected chi connectivity index (χ1v) is 12.4. The van der Waals surface area contributed by atoms with E-state index >= 15 is 0 Å². The van der Waals surface area contributed by atoms with Gasteiger partial charge < -0.3 is 14.2 Å². The highest BCUT2D eigenvalue weighted by molar-refractivity contribution is 5.88. The van der Waals surface area contributed by atoms with E-state index in [1.807, 2.05) is 6.07 Å². The van der Waals surface area contributed by atoms with Crippen molar-refractivity contribution in [1.82, 2.24) is 19.2 Å². The van der Waals surface area contributed by atoms with Crippen molar-refractivity contribution < 1.29 is 4.74 Å². The van der Waals surface area contributed by atoms with Gasteiger partial charge >= 0.3 is 0 Å². The lowest BCUT2D eigenvalue weighted by Crippen LogP contribution is -2.58. The molecule has 1 unspecified atom stereocenters. The zero-order valence-corrected chi connectivity index (χ0v) is 21.7. The first-order chi connectivity index (χ1) is 16.8. The summed E-state index contributed by atoms with van der Waals surface area (Å²) in [7, 11) is 3.46. The van der Waals surface area contributed by atoms with E-state index in [2.05, 4.69) is 55.7 Å². The SMILES string of the molecule is CC[C@H]1CN(C(C)c2ccc(OC)cc2C)[C@H](CC)CN1c1cc(=O)n(C)c2cn(CC#N)nc12. The molecule has 3 aromatic rings. The standard InChI is InChI=1S/C27H36N6O2/c1-7-20-16-33(24-14-26(34)30(5)25-17-31(12-11-28)29-27(24)25)21(8-2)15-32(20)19(4)23-10-9-22(35-6)13-18(23)3/h9-10,13-14,17,19-21H,7-8,12,15-16H2,1-6H3/t19?,20-,21+/m1/s1. The van der Waals surface area contributed by atoms with Gasteiger partial charge in [-0.15, -0.1) is 0 Å². The molecule has 0 bridgehead atoms. The summed E-state index contributed by atoms with van der Waals surface area (Å²) in [5, 5.41) is 13.9. The fraction of sp³-hybridized carbons (Fsp3) is 0.519. The second-order valence-electron chi connectivity index (χ2n) is 9.52. The van der Waals surface area contributed by atoms with E-state index in [1.54, 1.807) is 35.7 Å². The molecule has 1 aliphatic heterocycles. The summed E-state index contributed by atoms with van der Waals surface area (Å²) >= 11 is 0. The molecule has 0 amide bonds. The summed E-state index contributed by atoms with van der Waals surface area (Å²) in [5.41, 5.74) is 4.91. The number of nitrogens with zero attached hydrogens (tertiary/aromatic N) is 6. The molecular formula is C27H36N6O2. The maximum atomic E-state index is 12.9. The van der Waals surface area contributed by atoms with Crippen molar-refractivity contribution in [1.29, 1.82) is 5.26 Å². The fourth-order valence-corrected chi connectivity index (χ4v) is 5.49. The van der Waals surface area contributed by atoms with Gasteiger partial charge in [0.2, 0.25) is 0 Å². The number of aromatic nitrogens is 3. The first kappa shape index (κ1) is 24.8. The molecular weight excluding hydrogens is 440 g/mol. The number of methoxy groups -OCH3 is 1. The Hall–Kier alpha value is -3.31. The van der Waals surface area contributed by atoms with Gasteiger partial charge in [0.25, 0.3) is 5.56 Å². The molecule has 0 saturated carbocycles. The van der Waals surface area contributed by atoms with Gasteiger partial charge in [0.15, 0.2) is 0 Å². The Labute approximate surface area is 207 Å². The number of pyridine rings is 1. The quantitative estimate of drug-likeness (QED) is 0.513. The zero-order chi connectivity index (χ0) is 25.3. The number of rotatable bonds is 7. The van der Waals surface area contributed by atoms with Crippen LogP contribution in [0.1, 0.15) is 50.8 Å². The van der Waals surface area contributed by atoms with E-state index < -0.39 is 0 Å². The Morgan fingerprint density at radius 3 is 2.57 bits per heavy atom. The number of ether oxygens (including phenoxy) is 1. The lowest BCUT2D eigenvalue weighted by Gasteiger charge is -2.49. The van der Waals surface area contributed by atoms with E-state index in [1.165, 1.54) is 11.1 Å². The Balaban J connectivity index is 1.72. The molecule has 3 heterocycles. The van der Waals surface area contributed by atoms with Crippen molar-refractivity contribution in [2.45, 2.75) is 65.2 Å². The van der Waals surface area contributed by atoms with Gasteiger partial charge in [0.05, 0.1) is 30.6 Å². The maximum Gasteiger partial charge on any atom is 0.252 e. The molecule has 0 radical (unpaired) electrons. The highest BCUT2D eigenvalue weighted by Crippen LogP contribution is 2.35. The highest BCUT2D eigenvalue weighted by atomic mass is 16.5. The molecule has 4 rings (SSSR count). The lowest BCUT2D eigenvalue weighted by atomic mass is 9.94. The molecule has 1 saturated heterocycles. The van der Waals surface area contributed by atoms with Gasteiger partial charge in [0, 0.05) is 44.3 Å². The zero-order valence-electron chi connectivity index (χ0n) is 21.7. The van der Waals surface area contributed by atoms with Crippen LogP contribution in [0.3, 0.4) is 0 Å². The number of nitriles is 1. The van der Waals surface area contributed by atoms with Crippen molar-refractivity contribution in [2.75, 3.05) is 25.1 Å². The molecule has 0 N–H and O–H groups in total. The predicted octanol–water partition coefficient (Wildman–Crippen LogP) is 4.02. The van der Waals surface area contributed by atoms with Gasteiger partial charge in [-0.1, -0.05) is 19.9 Å². The molecule has 1 fully saturated rings. The van der Waals surface area contributed by atoms with Crippen LogP contribution >= 0.6 is 0 Å². The second kappa shape index (κ2) is 10.1. The van der Waals surface area contributed by atoms with Crippen LogP contribution in [-0.4, -0.2) is 51.5 Å². The Bertz CT molecular complexity index is 1300. The summed E-state index contributed by atoms with van der Waals surface area (Å²) in [6.07, 6.45) is 3.76.